The number of aryl methyl sites for hydroxylation is 1. The predicted molar refractivity (Wildman–Crippen MR) is 93.1 cm³/mol. The minimum absolute atomic E-state index is 0.732. The van der Waals surface area contributed by atoms with Crippen molar-refractivity contribution in [1.29, 1.82) is 0 Å². The molecule has 0 heterocycles. The molecule has 1 aromatic rings. The lowest BCUT2D eigenvalue weighted by atomic mass is 10.0. The summed E-state index contributed by atoms with van der Waals surface area (Å²) in [6, 6.07) is 7.71. The SMILES string of the molecule is CCCNCc1ccc(N(C)C2CCCCCC2)cc1C. The molecular weight excluding hydrogens is 256 g/mol. The van der Waals surface area contributed by atoms with Crippen molar-refractivity contribution in [1.82, 2.24) is 5.32 Å². The number of hydrogen-bond acceptors (Lipinski definition) is 2. The summed E-state index contributed by atoms with van der Waals surface area (Å²) in [6.07, 6.45) is 9.54. The Balaban J connectivity index is 2.00. The molecule has 0 aliphatic heterocycles. The van der Waals surface area contributed by atoms with Crippen molar-refractivity contribution in [3.63, 3.8) is 0 Å². The molecule has 1 aromatic carbocycles. The summed E-state index contributed by atoms with van der Waals surface area (Å²) in [6.45, 7) is 6.55. The van der Waals surface area contributed by atoms with Gasteiger partial charge in [0.1, 0.15) is 0 Å². The van der Waals surface area contributed by atoms with Gasteiger partial charge >= 0.3 is 0 Å². The van der Waals surface area contributed by atoms with Crippen molar-refractivity contribution in [2.45, 2.75) is 71.4 Å². The Morgan fingerprint density at radius 3 is 2.48 bits per heavy atom. The molecule has 118 valence electrons. The molecule has 2 rings (SSSR count). The van der Waals surface area contributed by atoms with E-state index in [1.165, 1.54) is 61.8 Å². The molecule has 0 unspecified atom stereocenters. The van der Waals surface area contributed by atoms with Crippen molar-refractivity contribution in [3.05, 3.63) is 29.3 Å². The molecule has 0 spiro atoms. The van der Waals surface area contributed by atoms with Gasteiger partial charge in [0, 0.05) is 25.3 Å². The largest absolute Gasteiger partial charge is 0.372 e. The first-order chi connectivity index (χ1) is 10.2. The molecule has 1 saturated carbocycles. The van der Waals surface area contributed by atoms with Crippen molar-refractivity contribution in [2.75, 3.05) is 18.5 Å². The lowest BCUT2D eigenvalue weighted by Crippen LogP contribution is -2.31. The highest BCUT2D eigenvalue weighted by Gasteiger charge is 2.17. The van der Waals surface area contributed by atoms with Crippen molar-refractivity contribution < 1.29 is 0 Å². The van der Waals surface area contributed by atoms with Gasteiger partial charge in [0.05, 0.1) is 0 Å². The Kier molecular flexibility index (Phi) is 6.56. The van der Waals surface area contributed by atoms with E-state index in [4.69, 9.17) is 0 Å². The summed E-state index contributed by atoms with van der Waals surface area (Å²) in [5.41, 5.74) is 4.23. The summed E-state index contributed by atoms with van der Waals surface area (Å²) in [4.78, 5) is 2.52. The molecule has 1 fully saturated rings. The average Bonchev–Trinajstić information content (AvgIpc) is 2.77. The lowest BCUT2D eigenvalue weighted by Gasteiger charge is -2.30. The van der Waals surface area contributed by atoms with Crippen LogP contribution >= 0.6 is 0 Å². The topological polar surface area (TPSA) is 15.3 Å². The van der Waals surface area contributed by atoms with Crippen LogP contribution in [0.4, 0.5) is 5.69 Å². The van der Waals surface area contributed by atoms with Gasteiger partial charge in [-0.05, 0) is 56.0 Å². The summed E-state index contributed by atoms with van der Waals surface area (Å²) in [5.74, 6) is 0. The van der Waals surface area contributed by atoms with Gasteiger partial charge in [0.25, 0.3) is 0 Å². The van der Waals surface area contributed by atoms with Crippen LogP contribution in [0, 0.1) is 6.92 Å². The van der Waals surface area contributed by atoms with Crippen molar-refractivity contribution in [2.24, 2.45) is 0 Å². The van der Waals surface area contributed by atoms with Crippen LogP contribution in [0.2, 0.25) is 0 Å². The third-order valence-electron chi connectivity index (χ3n) is 4.85. The predicted octanol–water partition coefficient (Wildman–Crippen LogP) is 4.65. The first-order valence-corrected chi connectivity index (χ1v) is 8.75. The molecule has 2 nitrogen and oxygen atoms in total. The van der Waals surface area contributed by atoms with Crippen LogP contribution in [0.5, 0.6) is 0 Å². The molecule has 1 aliphatic carbocycles. The Morgan fingerprint density at radius 1 is 1.14 bits per heavy atom. The van der Waals surface area contributed by atoms with Crippen LogP contribution in [0.15, 0.2) is 18.2 Å². The number of rotatable bonds is 6. The maximum Gasteiger partial charge on any atom is 0.0368 e. The molecular formula is C19H32N2. The Morgan fingerprint density at radius 2 is 1.86 bits per heavy atom. The van der Waals surface area contributed by atoms with E-state index < -0.39 is 0 Å². The second-order valence-electron chi connectivity index (χ2n) is 6.54. The molecule has 1 aliphatic rings. The van der Waals surface area contributed by atoms with Gasteiger partial charge in [-0.1, -0.05) is 38.7 Å². The molecule has 0 saturated heterocycles. The highest BCUT2D eigenvalue weighted by molar-refractivity contribution is 5.51. The van der Waals surface area contributed by atoms with Crippen LogP contribution in [0.3, 0.4) is 0 Å². The number of nitrogens with one attached hydrogen (secondary N) is 1. The molecule has 0 atom stereocenters. The quantitative estimate of drug-likeness (QED) is 0.605. The van der Waals surface area contributed by atoms with Crippen LogP contribution in [0.25, 0.3) is 0 Å². The van der Waals surface area contributed by atoms with Gasteiger partial charge in [-0.15, -0.1) is 0 Å². The minimum Gasteiger partial charge on any atom is -0.372 e. The Bertz CT molecular complexity index is 420. The van der Waals surface area contributed by atoms with Gasteiger partial charge in [-0.25, -0.2) is 0 Å². The third kappa shape index (κ3) is 4.74. The van der Waals surface area contributed by atoms with E-state index in [0.717, 1.165) is 19.1 Å². The lowest BCUT2D eigenvalue weighted by molar-refractivity contribution is 0.553. The van der Waals surface area contributed by atoms with Crippen LogP contribution in [-0.4, -0.2) is 19.6 Å². The van der Waals surface area contributed by atoms with E-state index in [-0.39, 0.29) is 0 Å². The molecule has 0 aromatic heterocycles. The summed E-state index contributed by atoms with van der Waals surface area (Å²) >= 11 is 0. The van der Waals surface area contributed by atoms with Crippen LogP contribution in [0.1, 0.15) is 63.0 Å². The summed E-state index contributed by atoms with van der Waals surface area (Å²) < 4.78 is 0. The third-order valence-corrected chi connectivity index (χ3v) is 4.85. The van der Waals surface area contributed by atoms with E-state index in [2.05, 4.69) is 49.3 Å². The fourth-order valence-corrected chi connectivity index (χ4v) is 3.35. The second-order valence-corrected chi connectivity index (χ2v) is 6.54. The van der Waals surface area contributed by atoms with Crippen LogP contribution in [-0.2, 0) is 6.54 Å². The minimum atomic E-state index is 0.732. The maximum absolute atomic E-state index is 3.50. The van der Waals surface area contributed by atoms with E-state index in [0.29, 0.717) is 0 Å². The van der Waals surface area contributed by atoms with E-state index in [9.17, 15) is 0 Å². The molecule has 0 amide bonds. The molecule has 0 bridgehead atoms. The normalized spacial score (nSPS) is 16.7. The van der Waals surface area contributed by atoms with Crippen molar-refractivity contribution >= 4 is 5.69 Å². The smallest absolute Gasteiger partial charge is 0.0368 e. The van der Waals surface area contributed by atoms with Gasteiger partial charge in [0.2, 0.25) is 0 Å². The number of benzene rings is 1. The highest BCUT2D eigenvalue weighted by atomic mass is 15.1. The maximum atomic E-state index is 3.50. The van der Waals surface area contributed by atoms with Crippen molar-refractivity contribution in [3.8, 4) is 0 Å². The Labute approximate surface area is 130 Å². The first kappa shape index (κ1) is 16.4. The van der Waals surface area contributed by atoms with Gasteiger partial charge in [0.15, 0.2) is 0 Å². The number of hydrogen-bond donors (Lipinski definition) is 1. The fourth-order valence-electron chi connectivity index (χ4n) is 3.35. The summed E-state index contributed by atoms with van der Waals surface area (Å²) in [5, 5.41) is 3.50. The Hall–Kier alpha value is -1.02. The zero-order chi connectivity index (χ0) is 15.1. The molecule has 0 radical (unpaired) electrons. The monoisotopic (exact) mass is 288 g/mol. The zero-order valence-corrected chi connectivity index (χ0v) is 14.1. The first-order valence-electron chi connectivity index (χ1n) is 8.75. The van der Waals surface area contributed by atoms with Gasteiger partial charge in [-0.3, -0.25) is 0 Å². The van der Waals surface area contributed by atoms with Gasteiger partial charge < -0.3 is 10.2 Å². The molecule has 2 heteroatoms. The van der Waals surface area contributed by atoms with E-state index >= 15 is 0 Å². The molecule has 1 N–H and O–H groups in total. The van der Waals surface area contributed by atoms with Gasteiger partial charge in [-0.2, -0.15) is 0 Å². The molecule has 21 heavy (non-hydrogen) atoms. The highest BCUT2D eigenvalue weighted by Crippen LogP contribution is 2.26. The van der Waals surface area contributed by atoms with E-state index in [1.807, 2.05) is 0 Å². The van der Waals surface area contributed by atoms with E-state index in [1.54, 1.807) is 0 Å². The van der Waals surface area contributed by atoms with Crippen LogP contribution < -0.4 is 10.2 Å². The average molecular weight is 288 g/mol. The second kappa shape index (κ2) is 8.43. The standard InChI is InChI=1S/C19H32N2/c1-4-13-20-15-17-11-12-19(14-16(17)2)21(3)18-9-7-5-6-8-10-18/h11-12,14,18,20H,4-10,13,15H2,1-3H3. The summed E-state index contributed by atoms with van der Waals surface area (Å²) in [7, 11) is 2.28. The number of nitrogens with zero attached hydrogens (tertiary/aromatic N) is 1. The fraction of sp³-hybridized carbons (Fsp3) is 0.684. The number of anilines is 1. The zero-order valence-electron chi connectivity index (χ0n) is 14.1.